The number of aromatic nitrogens is 3. The molecule has 1 amide bonds. The molecule has 3 N–H and O–H groups in total. The summed E-state index contributed by atoms with van der Waals surface area (Å²) in [4.78, 5) is 12.5. The van der Waals surface area contributed by atoms with Gasteiger partial charge >= 0.3 is 5.16 Å². The minimum absolute atomic E-state index is 0.101. The standard InChI is InChI=1S/C24H18ClI2N5O2S/c1-14-2-8-19(9-3-14)32-23(15-4-6-17(25)7-5-15)30-31-24(32)35-13-21(33)29-28-12-16-10-18(26)11-20(27)22(16)34/h2-12H,13H2,1H3,(H2,28,29,33,34)/p+1. The normalized spacial score (nSPS) is 11.2. The number of benzene rings is 3. The van der Waals surface area contributed by atoms with E-state index in [0.717, 1.165) is 26.2 Å². The molecule has 0 bridgehead atoms. The first-order valence-corrected chi connectivity index (χ1v) is 13.8. The topological polar surface area (TPSA) is 94.2 Å². The van der Waals surface area contributed by atoms with Crippen molar-refractivity contribution >= 4 is 80.7 Å². The molecule has 0 aliphatic heterocycles. The molecule has 0 radical (unpaired) electrons. The maximum Gasteiger partial charge on any atom is 0.342 e. The Labute approximate surface area is 238 Å². The molecule has 1 heterocycles. The highest BCUT2D eigenvalue weighted by molar-refractivity contribution is 14.1. The van der Waals surface area contributed by atoms with Crippen LogP contribution in [0.25, 0.3) is 17.1 Å². The highest BCUT2D eigenvalue weighted by Gasteiger charge is 2.24. The molecule has 0 unspecified atom stereocenters. The Morgan fingerprint density at radius 3 is 2.63 bits per heavy atom. The van der Waals surface area contributed by atoms with Gasteiger partial charge in [-0.05, 0) is 112 Å². The first-order valence-electron chi connectivity index (χ1n) is 10.3. The fourth-order valence-electron chi connectivity index (χ4n) is 3.15. The number of H-pyrrole nitrogens is 1. The van der Waals surface area contributed by atoms with Crippen molar-refractivity contribution in [2.75, 3.05) is 5.75 Å². The Morgan fingerprint density at radius 1 is 1.20 bits per heavy atom. The van der Waals surface area contributed by atoms with E-state index in [9.17, 15) is 9.90 Å². The van der Waals surface area contributed by atoms with Gasteiger partial charge in [0.2, 0.25) is 0 Å². The summed E-state index contributed by atoms with van der Waals surface area (Å²) in [6.07, 6.45) is 1.43. The van der Waals surface area contributed by atoms with Crippen molar-refractivity contribution in [1.82, 2.24) is 15.6 Å². The molecule has 11 heteroatoms. The smallest absolute Gasteiger partial charge is 0.342 e. The average Bonchev–Trinajstić information content (AvgIpc) is 3.25. The molecule has 0 saturated carbocycles. The summed E-state index contributed by atoms with van der Waals surface area (Å²) < 4.78 is 3.65. The van der Waals surface area contributed by atoms with Gasteiger partial charge in [-0.2, -0.15) is 9.67 Å². The van der Waals surface area contributed by atoms with Gasteiger partial charge in [-0.25, -0.2) is 5.43 Å². The zero-order valence-electron chi connectivity index (χ0n) is 18.3. The lowest BCUT2D eigenvalue weighted by atomic mass is 10.2. The van der Waals surface area contributed by atoms with Gasteiger partial charge in [-0.1, -0.05) is 29.3 Å². The number of hydrogen-bond donors (Lipinski definition) is 3. The first-order chi connectivity index (χ1) is 16.8. The SMILES string of the molecule is Cc1ccc(-[n+]2c(SCC(=O)N/N=C/c3cc(I)cc(I)c3O)n[nH]c2-c2ccc(Cl)cc2)cc1. The van der Waals surface area contributed by atoms with Crippen molar-refractivity contribution in [3.8, 4) is 22.8 Å². The first kappa shape index (κ1) is 25.9. The molecule has 4 rings (SSSR count). The van der Waals surface area contributed by atoms with Crippen LogP contribution in [0.2, 0.25) is 5.02 Å². The third kappa shape index (κ3) is 6.54. The van der Waals surface area contributed by atoms with Crippen molar-refractivity contribution in [2.24, 2.45) is 5.10 Å². The molecule has 4 aromatic rings. The van der Waals surface area contributed by atoms with Gasteiger partial charge in [0, 0.05) is 14.2 Å². The third-order valence-corrected chi connectivity index (χ3v) is 7.50. The summed E-state index contributed by atoms with van der Waals surface area (Å²) in [5.41, 5.74) is 6.02. The highest BCUT2D eigenvalue weighted by atomic mass is 127. The van der Waals surface area contributed by atoms with Gasteiger partial charge < -0.3 is 5.11 Å². The fourth-order valence-corrected chi connectivity index (χ4v) is 5.92. The van der Waals surface area contributed by atoms with E-state index in [2.05, 4.69) is 65.9 Å². The second-order valence-corrected chi connectivity index (χ2v) is 11.2. The van der Waals surface area contributed by atoms with Crippen LogP contribution >= 0.6 is 68.5 Å². The second kappa shape index (κ2) is 11.7. The molecule has 0 spiro atoms. The Morgan fingerprint density at radius 2 is 1.91 bits per heavy atom. The van der Waals surface area contributed by atoms with Crippen LogP contribution in [0, 0.1) is 14.1 Å². The number of aromatic amines is 1. The molecule has 0 aliphatic rings. The van der Waals surface area contributed by atoms with Crippen LogP contribution in [0.1, 0.15) is 11.1 Å². The summed E-state index contributed by atoms with van der Waals surface area (Å²) in [7, 11) is 0. The number of nitrogens with zero attached hydrogens (tertiary/aromatic N) is 3. The van der Waals surface area contributed by atoms with Crippen LogP contribution in [-0.4, -0.2) is 33.2 Å². The quantitative estimate of drug-likeness (QED) is 0.0774. The second-order valence-electron chi connectivity index (χ2n) is 7.44. The average molecular weight is 731 g/mol. The lowest BCUT2D eigenvalue weighted by Crippen LogP contribution is -2.34. The summed E-state index contributed by atoms with van der Waals surface area (Å²) in [5.74, 6) is 0.709. The minimum atomic E-state index is -0.294. The van der Waals surface area contributed by atoms with Crippen LogP contribution < -0.4 is 9.99 Å². The van der Waals surface area contributed by atoms with Gasteiger partial charge in [0.1, 0.15) is 11.4 Å². The molecule has 0 aliphatic carbocycles. The van der Waals surface area contributed by atoms with Crippen molar-refractivity contribution < 1.29 is 14.5 Å². The van der Waals surface area contributed by atoms with Crippen LogP contribution in [0.3, 0.4) is 0 Å². The number of amides is 1. The zero-order chi connectivity index (χ0) is 24.9. The number of aryl methyl sites for hydroxylation is 1. The number of halogens is 3. The Kier molecular flexibility index (Phi) is 8.68. The number of hydrazone groups is 1. The number of carbonyl (C=O) groups is 1. The maximum absolute atomic E-state index is 12.5. The number of nitrogens with one attached hydrogen (secondary N) is 2. The molecule has 3 aromatic carbocycles. The van der Waals surface area contributed by atoms with Gasteiger partial charge in [0.15, 0.2) is 0 Å². The van der Waals surface area contributed by atoms with E-state index in [4.69, 9.17) is 11.6 Å². The van der Waals surface area contributed by atoms with Crippen molar-refractivity contribution in [3.63, 3.8) is 0 Å². The largest absolute Gasteiger partial charge is 0.506 e. The molecule has 35 heavy (non-hydrogen) atoms. The van der Waals surface area contributed by atoms with E-state index in [1.807, 2.05) is 66.1 Å². The lowest BCUT2D eigenvalue weighted by Gasteiger charge is -2.05. The monoisotopic (exact) mass is 730 g/mol. The summed E-state index contributed by atoms with van der Waals surface area (Å²) in [6.45, 7) is 2.03. The van der Waals surface area contributed by atoms with Crippen LogP contribution in [0.5, 0.6) is 5.75 Å². The Bertz CT molecular complexity index is 1390. The van der Waals surface area contributed by atoms with E-state index in [-0.39, 0.29) is 17.4 Å². The van der Waals surface area contributed by atoms with Gasteiger partial charge in [-0.15, -0.1) is 5.10 Å². The maximum atomic E-state index is 12.5. The summed E-state index contributed by atoms with van der Waals surface area (Å²) in [6, 6.07) is 19.2. The number of thioether (sulfide) groups is 1. The number of hydrogen-bond acceptors (Lipinski definition) is 5. The van der Waals surface area contributed by atoms with Gasteiger partial charge in [0.05, 0.1) is 26.2 Å². The van der Waals surface area contributed by atoms with Crippen LogP contribution in [-0.2, 0) is 4.79 Å². The molecule has 0 atom stereocenters. The molecule has 7 nitrogen and oxygen atoms in total. The predicted octanol–water partition coefficient (Wildman–Crippen LogP) is 5.47. The Balaban J connectivity index is 1.51. The number of phenols is 1. The van der Waals surface area contributed by atoms with E-state index in [1.54, 1.807) is 6.07 Å². The zero-order valence-corrected chi connectivity index (χ0v) is 24.2. The van der Waals surface area contributed by atoms with E-state index in [1.165, 1.54) is 18.0 Å². The number of rotatable bonds is 7. The van der Waals surface area contributed by atoms with Crippen LogP contribution in [0.4, 0.5) is 0 Å². The fraction of sp³-hybridized carbons (Fsp3) is 0.0833. The highest BCUT2D eigenvalue weighted by Crippen LogP contribution is 2.26. The number of aromatic hydroxyl groups is 1. The van der Waals surface area contributed by atoms with Crippen molar-refractivity contribution in [2.45, 2.75) is 12.1 Å². The van der Waals surface area contributed by atoms with Crippen molar-refractivity contribution in [1.29, 1.82) is 0 Å². The summed E-state index contributed by atoms with van der Waals surface area (Å²) in [5, 5.41) is 23.0. The van der Waals surface area contributed by atoms with Gasteiger partial charge in [-0.3, -0.25) is 4.79 Å². The summed E-state index contributed by atoms with van der Waals surface area (Å²) >= 11 is 11.6. The molecule has 178 valence electrons. The van der Waals surface area contributed by atoms with Gasteiger partial charge in [0.25, 0.3) is 11.7 Å². The van der Waals surface area contributed by atoms with E-state index < -0.39 is 0 Å². The van der Waals surface area contributed by atoms with E-state index in [0.29, 0.717) is 19.3 Å². The number of carbonyl (C=O) groups excluding carboxylic acids is 1. The number of phenolic OH excluding ortho intramolecular Hbond substituents is 1. The van der Waals surface area contributed by atoms with E-state index >= 15 is 0 Å². The predicted molar refractivity (Wildman–Crippen MR) is 155 cm³/mol. The molecular weight excluding hydrogens is 712 g/mol. The van der Waals surface area contributed by atoms with Crippen LogP contribution in [0.15, 0.2) is 70.9 Å². The molecule has 1 aromatic heterocycles. The Hall–Kier alpha value is -2.16. The van der Waals surface area contributed by atoms with Crippen molar-refractivity contribution in [3.05, 3.63) is 84.0 Å². The third-order valence-electron chi connectivity index (χ3n) is 4.87. The molecule has 0 fully saturated rings. The molecular formula is C24H19ClI2N5O2S+. The minimum Gasteiger partial charge on any atom is -0.506 e. The lowest BCUT2D eigenvalue weighted by molar-refractivity contribution is -0.625. The molecule has 0 saturated heterocycles.